The maximum atomic E-state index is 12.4. The average molecular weight is 607 g/mol. The molecule has 0 amide bonds. The van der Waals surface area contributed by atoms with Crippen molar-refractivity contribution in [3.05, 3.63) is 12.2 Å². The fourth-order valence-electron chi connectivity index (χ4n) is 3.92. The van der Waals surface area contributed by atoms with Crippen LogP contribution in [0.3, 0.4) is 0 Å². The number of allylic oxidation sites excluding steroid dienone is 2. The number of likely N-dealkylation sites (N-methyl/N-ethyl adjacent to an activating group) is 1. The molecule has 1 unspecified atom stereocenters. The Bertz CT molecular complexity index is 738. The van der Waals surface area contributed by atoms with Crippen LogP contribution in [0.2, 0.25) is 0 Å². The Balaban J connectivity index is 4.28. The molecule has 1 N–H and O–H groups in total. The minimum Gasteiger partial charge on any atom is -0.462 e. The maximum Gasteiger partial charge on any atom is 0.472 e. The zero-order valence-electron chi connectivity index (χ0n) is 26.8. The Labute approximate surface area is 250 Å². The molecule has 0 aromatic heterocycles. The van der Waals surface area contributed by atoms with Crippen molar-refractivity contribution in [2.24, 2.45) is 0 Å². The van der Waals surface area contributed by atoms with Gasteiger partial charge in [-0.1, -0.05) is 83.8 Å². The minimum atomic E-state index is -4.34. The largest absolute Gasteiger partial charge is 0.472 e. The van der Waals surface area contributed by atoms with Crippen molar-refractivity contribution in [2.75, 3.05) is 47.5 Å². The number of nitrogens with zero attached hydrogens (tertiary/aromatic N) is 1. The molecule has 2 atom stereocenters. The second-order valence-corrected chi connectivity index (χ2v) is 13.3. The standard InChI is InChI=1S/C31H60NO8P/c1-6-8-10-11-12-13-14-15-16-17-18-19-20-21-22-24-31(34)40-29(27-37-30(33)23-9-7-2)28-39-41(35,36)38-26-25-32(3,4)5/h15-16,29H,6-14,17-28H2,1-5H3/p+1/b16-15+/t29-/m1/s1. The predicted octanol–water partition coefficient (Wildman–Crippen LogP) is 7.51. The number of phosphoric ester groups is 1. The molecule has 9 nitrogen and oxygen atoms in total. The highest BCUT2D eigenvalue weighted by Crippen LogP contribution is 2.43. The SMILES string of the molecule is CCCCCCCC/C=C/CCCCCCCC(=O)O[C@H](COC(=O)CCCC)COP(=O)(O)OCC[N+](C)(C)C. The number of quaternary nitrogens is 1. The summed E-state index contributed by atoms with van der Waals surface area (Å²) in [4.78, 5) is 34.3. The van der Waals surface area contributed by atoms with Crippen molar-refractivity contribution in [3.63, 3.8) is 0 Å². The molecule has 0 saturated heterocycles. The van der Waals surface area contributed by atoms with E-state index in [4.69, 9.17) is 18.5 Å². The maximum absolute atomic E-state index is 12.4. The number of esters is 2. The third-order valence-corrected chi connectivity index (χ3v) is 7.53. The van der Waals surface area contributed by atoms with E-state index >= 15 is 0 Å². The van der Waals surface area contributed by atoms with Gasteiger partial charge in [0.25, 0.3) is 0 Å². The van der Waals surface area contributed by atoms with Crippen LogP contribution in [0.4, 0.5) is 0 Å². The number of hydrogen-bond acceptors (Lipinski definition) is 7. The van der Waals surface area contributed by atoms with Gasteiger partial charge in [0.2, 0.25) is 0 Å². The first-order valence-electron chi connectivity index (χ1n) is 15.9. The van der Waals surface area contributed by atoms with Gasteiger partial charge in [-0.05, 0) is 38.5 Å². The van der Waals surface area contributed by atoms with Crippen LogP contribution in [0.15, 0.2) is 12.2 Å². The van der Waals surface area contributed by atoms with Gasteiger partial charge in [0.05, 0.1) is 27.7 Å². The molecule has 0 heterocycles. The first-order chi connectivity index (χ1) is 19.5. The van der Waals surface area contributed by atoms with Gasteiger partial charge in [0, 0.05) is 12.8 Å². The number of carbonyl (C=O) groups is 2. The molecule has 0 aliphatic carbocycles. The summed E-state index contributed by atoms with van der Waals surface area (Å²) in [6.07, 6.45) is 20.9. The second-order valence-electron chi connectivity index (χ2n) is 11.8. The monoisotopic (exact) mass is 606 g/mol. The number of phosphoric acid groups is 1. The van der Waals surface area contributed by atoms with Gasteiger partial charge >= 0.3 is 19.8 Å². The zero-order chi connectivity index (χ0) is 30.8. The summed E-state index contributed by atoms with van der Waals surface area (Å²) < 4.78 is 33.5. The molecule has 0 radical (unpaired) electrons. The predicted molar refractivity (Wildman–Crippen MR) is 164 cm³/mol. The van der Waals surface area contributed by atoms with Crippen LogP contribution in [0.1, 0.15) is 123 Å². The Morgan fingerprint density at radius 2 is 1.27 bits per heavy atom. The molecule has 0 saturated carbocycles. The molecule has 41 heavy (non-hydrogen) atoms. The van der Waals surface area contributed by atoms with Crippen LogP contribution in [0.5, 0.6) is 0 Å². The smallest absolute Gasteiger partial charge is 0.462 e. The first-order valence-corrected chi connectivity index (χ1v) is 17.4. The summed E-state index contributed by atoms with van der Waals surface area (Å²) in [6, 6.07) is 0. The van der Waals surface area contributed by atoms with Gasteiger partial charge in [-0.2, -0.15) is 0 Å². The number of rotatable bonds is 28. The lowest BCUT2D eigenvalue weighted by Gasteiger charge is -2.24. The van der Waals surface area contributed by atoms with E-state index in [2.05, 4.69) is 19.1 Å². The summed E-state index contributed by atoms with van der Waals surface area (Å²) in [6.45, 7) is 4.11. The van der Waals surface area contributed by atoms with E-state index in [0.29, 0.717) is 23.9 Å². The van der Waals surface area contributed by atoms with Gasteiger partial charge in [0.15, 0.2) is 6.10 Å². The van der Waals surface area contributed by atoms with Crippen molar-refractivity contribution in [3.8, 4) is 0 Å². The summed E-state index contributed by atoms with van der Waals surface area (Å²) in [5.74, 6) is -0.851. The number of ether oxygens (including phenoxy) is 2. The van der Waals surface area contributed by atoms with Crippen molar-refractivity contribution < 1.29 is 42.1 Å². The molecular formula is C31H61NO8P+. The highest BCUT2D eigenvalue weighted by molar-refractivity contribution is 7.47. The van der Waals surface area contributed by atoms with E-state index in [1.165, 1.54) is 44.9 Å². The molecule has 242 valence electrons. The van der Waals surface area contributed by atoms with Gasteiger partial charge in [-0.3, -0.25) is 18.6 Å². The number of hydrogen-bond donors (Lipinski definition) is 1. The summed E-state index contributed by atoms with van der Waals surface area (Å²) >= 11 is 0. The Morgan fingerprint density at radius 1 is 0.732 bits per heavy atom. The van der Waals surface area contributed by atoms with Crippen LogP contribution in [0.25, 0.3) is 0 Å². The van der Waals surface area contributed by atoms with E-state index in [1.807, 2.05) is 28.1 Å². The number of carbonyl (C=O) groups excluding carboxylic acids is 2. The second kappa shape index (κ2) is 25.3. The Hall–Kier alpha value is -1.25. The Kier molecular flexibility index (Phi) is 24.5. The van der Waals surface area contributed by atoms with Crippen LogP contribution < -0.4 is 0 Å². The molecule has 0 spiro atoms. The van der Waals surface area contributed by atoms with Crippen molar-refractivity contribution in [1.82, 2.24) is 0 Å². The average Bonchev–Trinajstić information content (AvgIpc) is 2.90. The van der Waals surface area contributed by atoms with Gasteiger partial charge < -0.3 is 18.9 Å². The molecule has 0 aromatic carbocycles. The molecule has 10 heteroatoms. The zero-order valence-corrected chi connectivity index (χ0v) is 27.7. The highest BCUT2D eigenvalue weighted by atomic mass is 31.2. The molecule has 0 rings (SSSR count). The van der Waals surface area contributed by atoms with Crippen molar-refractivity contribution in [1.29, 1.82) is 0 Å². The van der Waals surface area contributed by atoms with Crippen LogP contribution >= 0.6 is 7.82 Å². The molecule has 0 bridgehead atoms. The molecule has 0 aromatic rings. The minimum absolute atomic E-state index is 0.0310. The molecule has 0 aliphatic rings. The van der Waals surface area contributed by atoms with Gasteiger partial charge in [-0.15, -0.1) is 0 Å². The van der Waals surface area contributed by atoms with Crippen LogP contribution in [-0.4, -0.2) is 74.9 Å². The Morgan fingerprint density at radius 3 is 1.85 bits per heavy atom. The van der Waals surface area contributed by atoms with Crippen molar-refractivity contribution in [2.45, 2.75) is 129 Å². The van der Waals surface area contributed by atoms with Crippen molar-refractivity contribution >= 4 is 19.8 Å². The summed E-state index contributed by atoms with van der Waals surface area (Å²) in [7, 11) is 1.47. The molecular weight excluding hydrogens is 545 g/mol. The molecule has 0 aliphatic heterocycles. The van der Waals surface area contributed by atoms with Crippen LogP contribution in [0, 0.1) is 0 Å². The summed E-state index contributed by atoms with van der Waals surface area (Å²) in [5.41, 5.74) is 0. The third-order valence-electron chi connectivity index (χ3n) is 6.55. The van der Waals surface area contributed by atoms with E-state index in [9.17, 15) is 19.0 Å². The third kappa shape index (κ3) is 28.6. The quantitative estimate of drug-likeness (QED) is 0.0321. The van der Waals surface area contributed by atoms with E-state index < -0.39 is 32.5 Å². The summed E-state index contributed by atoms with van der Waals surface area (Å²) in [5, 5.41) is 0. The lowest BCUT2D eigenvalue weighted by atomic mass is 10.1. The fraction of sp³-hybridized carbons (Fsp3) is 0.871. The topological polar surface area (TPSA) is 108 Å². The fourth-order valence-corrected chi connectivity index (χ4v) is 4.67. The highest BCUT2D eigenvalue weighted by Gasteiger charge is 2.27. The van der Waals surface area contributed by atoms with E-state index in [-0.39, 0.29) is 26.1 Å². The van der Waals surface area contributed by atoms with Gasteiger partial charge in [-0.25, -0.2) is 4.57 Å². The lowest BCUT2D eigenvalue weighted by Crippen LogP contribution is -2.37. The van der Waals surface area contributed by atoms with E-state index in [1.54, 1.807) is 0 Å². The number of unbranched alkanes of at least 4 members (excludes halogenated alkanes) is 12. The molecule has 0 fully saturated rings. The lowest BCUT2D eigenvalue weighted by molar-refractivity contribution is -0.870. The first kappa shape index (κ1) is 39.8. The van der Waals surface area contributed by atoms with E-state index in [0.717, 1.165) is 38.5 Å². The van der Waals surface area contributed by atoms with Crippen LogP contribution in [-0.2, 0) is 32.7 Å². The van der Waals surface area contributed by atoms with Gasteiger partial charge in [0.1, 0.15) is 19.8 Å². The normalized spacial score (nSPS) is 14.2.